The highest BCUT2D eigenvalue weighted by molar-refractivity contribution is 5.46. The van der Waals surface area contributed by atoms with E-state index in [0.717, 1.165) is 31.3 Å². The van der Waals surface area contributed by atoms with Gasteiger partial charge in [0.15, 0.2) is 0 Å². The van der Waals surface area contributed by atoms with Crippen LogP contribution < -0.4 is 15.5 Å². The zero-order chi connectivity index (χ0) is 14.8. The number of halogens is 1. The Balaban J connectivity index is 1.72. The maximum atomic E-state index is 12.9. The van der Waals surface area contributed by atoms with Crippen molar-refractivity contribution in [3.63, 3.8) is 0 Å². The molecule has 1 atom stereocenters. The van der Waals surface area contributed by atoms with Gasteiger partial charge in [-0.3, -0.25) is 0 Å². The van der Waals surface area contributed by atoms with E-state index in [4.69, 9.17) is 5.73 Å². The maximum absolute atomic E-state index is 12.9. The number of pyridine rings is 1. The molecule has 3 rings (SSSR count). The fourth-order valence-electron chi connectivity index (χ4n) is 2.54. The van der Waals surface area contributed by atoms with Gasteiger partial charge < -0.3 is 15.5 Å². The smallest absolute Gasteiger partial charge is 0.147 e. The standard InChI is InChI=1S/C14H17FN6/c1-10-9-20(13-3-2-11(15)6-18-13)4-5-21(10)14-8-17-12(16)7-19-14/h2-3,6-8,10H,4-5,9H2,1H3,(H2,16,17)/t10-/m1/s1. The molecule has 0 aromatic carbocycles. The number of nitrogens with zero attached hydrogens (tertiary/aromatic N) is 5. The van der Waals surface area contributed by atoms with Crippen LogP contribution in [0, 0.1) is 5.82 Å². The van der Waals surface area contributed by atoms with Crippen molar-refractivity contribution < 1.29 is 4.39 Å². The van der Waals surface area contributed by atoms with Gasteiger partial charge in [-0.1, -0.05) is 0 Å². The molecule has 0 amide bonds. The van der Waals surface area contributed by atoms with Crippen LogP contribution in [0.5, 0.6) is 0 Å². The summed E-state index contributed by atoms with van der Waals surface area (Å²) in [4.78, 5) is 16.9. The lowest BCUT2D eigenvalue weighted by Gasteiger charge is -2.40. The van der Waals surface area contributed by atoms with Crippen LogP contribution in [0.15, 0.2) is 30.7 Å². The second kappa shape index (κ2) is 5.51. The Kier molecular flexibility index (Phi) is 3.55. The quantitative estimate of drug-likeness (QED) is 0.898. The average molecular weight is 288 g/mol. The van der Waals surface area contributed by atoms with Crippen molar-refractivity contribution in [2.75, 3.05) is 35.2 Å². The van der Waals surface area contributed by atoms with Gasteiger partial charge in [-0.2, -0.15) is 0 Å². The topological polar surface area (TPSA) is 71.2 Å². The van der Waals surface area contributed by atoms with Crippen LogP contribution in [0.2, 0.25) is 0 Å². The number of hydrogen-bond acceptors (Lipinski definition) is 6. The van der Waals surface area contributed by atoms with Crippen LogP contribution in [0.3, 0.4) is 0 Å². The molecule has 1 fully saturated rings. The lowest BCUT2D eigenvalue weighted by molar-refractivity contribution is 0.540. The number of nitrogen functional groups attached to an aromatic ring is 1. The minimum Gasteiger partial charge on any atom is -0.382 e. The first-order valence-electron chi connectivity index (χ1n) is 6.84. The third kappa shape index (κ3) is 2.86. The first-order chi connectivity index (χ1) is 10.1. The number of aromatic nitrogens is 3. The Hall–Kier alpha value is -2.44. The molecule has 0 radical (unpaired) electrons. The molecule has 110 valence electrons. The third-order valence-electron chi connectivity index (χ3n) is 3.62. The van der Waals surface area contributed by atoms with Crippen molar-refractivity contribution in [3.05, 3.63) is 36.5 Å². The first-order valence-corrected chi connectivity index (χ1v) is 6.84. The molecule has 0 bridgehead atoms. The van der Waals surface area contributed by atoms with Crippen LogP contribution in [0.25, 0.3) is 0 Å². The molecule has 0 saturated carbocycles. The summed E-state index contributed by atoms with van der Waals surface area (Å²) in [6.45, 7) is 4.52. The molecule has 21 heavy (non-hydrogen) atoms. The minimum atomic E-state index is -0.317. The molecule has 1 saturated heterocycles. The van der Waals surface area contributed by atoms with Crippen LogP contribution in [-0.2, 0) is 0 Å². The van der Waals surface area contributed by atoms with Crippen molar-refractivity contribution in [2.45, 2.75) is 13.0 Å². The van der Waals surface area contributed by atoms with E-state index in [1.165, 1.54) is 12.3 Å². The van der Waals surface area contributed by atoms with Gasteiger partial charge in [0.2, 0.25) is 0 Å². The largest absolute Gasteiger partial charge is 0.382 e. The summed E-state index contributed by atoms with van der Waals surface area (Å²) in [5, 5.41) is 0. The summed E-state index contributed by atoms with van der Waals surface area (Å²) in [5.41, 5.74) is 5.56. The molecule has 0 aliphatic carbocycles. The van der Waals surface area contributed by atoms with E-state index >= 15 is 0 Å². The number of rotatable bonds is 2. The third-order valence-corrected chi connectivity index (χ3v) is 3.62. The number of anilines is 3. The monoisotopic (exact) mass is 288 g/mol. The van der Waals surface area contributed by atoms with E-state index in [2.05, 4.69) is 31.7 Å². The highest BCUT2D eigenvalue weighted by Crippen LogP contribution is 2.21. The molecular weight excluding hydrogens is 271 g/mol. The molecule has 0 spiro atoms. The minimum absolute atomic E-state index is 0.253. The van der Waals surface area contributed by atoms with Gasteiger partial charge in [0, 0.05) is 25.7 Å². The summed E-state index contributed by atoms with van der Waals surface area (Å²) in [6, 6.07) is 3.40. The van der Waals surface area contributed by atoms with Gasteiger partial charge in [-0.15, -0.1) is 0 Å². The van der Waals surface area contributed by atoms with E-state index in [1.807, 2.05) is 0 Å². The Morgan fingerprint density at radius 1 is 1.10 bits per heavy atom. The first kappa shape index (κ1) is 13.5. The molecule has 2 aromatic heterocycles. The van der Waals surface area contributed by atoms with Gasteiger partial charge in [-0.05, 0) is 19.1 Å². The lowest BCUT2D eigenvalue weighted by Crippen LogP contribution is -2.52. The van der Waals surface area contributed by atoms with Crippen molar-refractivity contribution in [2.24, 2.45) is 0 Å². The Morgan fingerprint density at radius 3 is 2.52 bits per heavy atom. The second-order valence-electron chi connectivity index (χ2n) is 5.12. The molecule has 2 N–H and O–H groups in total. The molecule has 1 aliphatic heterocycles. The average Bonchev–Trinajstić information content (AvgIpc) is 2.49. The van der Waals surface area contributed by atoms with E-state index in [9.17, 15) is 4.39 Å². The molecule has 2 aromatic rings. The van der Waals surface area contributed by atoms with E-state index in [-0.39, 0.29) is 11.9 Å². The highest BCUT2D eigenvalue weighted by Gasteiger charge is 2.25. The summed E-state index contributed by atoms with van der Waals surface area (Å²) < 4.78 is 12.9. The van der Waals surface area contributed by atoms with E-state index < -0.39 is 0 Å². The zero-order valence-corrected chi connectivity index (χ0v) is 11.8. The maximum Gasteiger partial charge on any atom is 0.147 e. The second-order valence-corrected chi connectivity index (χ2v) is 5.12. The fraction of sp³-hybridized carbons (Fsp3) is 0.357. The SMILES string of the molecule is C[C@@H]1CN(c2ccc(F)cn2)CCN1c1cnc(N)cn1. The molecule has 7 heteroatoms. The van der Waals surface area contributed by atoms with Crippen molar-refractivity contribution in [1.82, 2.24) is 15.0 Å². The van der Waals surface area contributed by atoms with Gasteiger partial charge in [0.05, 0.1) is 18.6 Å². The Morgan fingerprint density at radius 2 is 1.90 bits per heavy atom. The predicted octanol–water partition coefficient (Wildman–Crippen LogP) is 1.31. The number of nitrogens with two attached hydrogens (primary N) is 1. The molecule has 3 heterocycles. The molecule has 0 unspecified atom stereocenters. The number of piperazine rings is 1. The highest BCUT2D eigenvalue weighted by atomic mass is 19.1. The van der Waals surface area contributed by atoms with Gasteiger partial charge in [0.1, 0.15) is 23.3 Å². The summed E-state index contributed by atoms with van der Waals surface area (Å²) >= 11 is 0. The molecular formula is C14H17FN6. The van der Waals surface area contributed by atoms with E-state index in [1.54, 1.807) is 18.5 Å². The normalized spacial score (nSPS) is 18.9. The van der Waals surface area contributed by atoms with Crippen molar-refractivity contribution >= 4 is 17.5 Å². The van der Waals surface area contributed by atoms with Gasteiger partial charge in [-0.25, -0.2) is 19.3 Å². The molecule has 6 nitrogen and oxygen atoms in total. The zero-order valence-electron chi connectivity index (χ0n) is 11.8. The van der Waals surface area contributed by atoms with Crippen LogP contribution >= 0.6 is 0 Å². The van der Waals surface area contributed by atoms with Gasteiger partial charge in [0.25, 0.3) is 0 Å². The van der Waals surface area contributed by atoms with Crippen LogP contribution in [0.1, 0.15) is 6.92 Å². The van der Waals surface area contributed by atoms with Crippen LogP contribution in [0.4, 0.5) is 21.8 Å². The van der Waals surface area contributed by atoms with Crippen molar-refractivity contribution in [1.29, 1.82) is 0 Å². The van der Waals surface area contributed by atoms with Crippen molar-refractivity contribution in [3.8, 4) is 0 Å². The van der Waals surface area contributed by atoms with E-state index in [0.29, 0.717) is 5.82 Å². The predicted molar refractivity (Wildman–Crippen MR) is 79.7 cm³/mol. The summed E-state index contributed by atoms with van der Waals surface area (Å²) in [6.07, 6.45) is 4.51. The summed E-state index contributed by atoms with van der Waals surface area (Å²) in [5.74, 6) is 1.72. The Bertz CT molecular complexity index is 600. The number of hydrogen-bond donors (Lipinski definition) is 1. The summed E-state index contributed by atoms with van der Waals surface area (Å²) in [7, 11) is 0. The Labute approximate surface area is 122 Å². The fourth-order valence-corrected chi connectivity index (χ4v) is 2.54. The molecule has 1 aliphatic rings. The van der Waals surface area contributed by atoms with Gasteiger partial charge >= 0.3 is 0 Å². The lowest BCUT2D eigenvalue weighted by atomic mass is 10.2. The van der Waals surface area contributed by atoms with Crippen LogP contribution in [-0.4, -0.2) is 40.6 Å².